The van der Waals surface area contributed by atoms with Gasteiger partial charge in [0.15, 0.2) is 24.5 Å². The normalized spacial score (nSPS) is 20.3. The number of hydrogen-bond acceptors (Lipinski definition) is 9. The van der Waals surface area contributed by atoms with Crippen molar-refractivity contribution in [2.45, 2.75) is 37.9 Å². The molecule has 196 valence electrons. The second kappa shape index (κ2) is 11.5. The quantitative estimate of drug-likeness (QED) is 0.419. The molecule has 1 amide bonds. The topological polar surface area (TPSA) is 163 Å². The molecule has 2 aromatic carbocycles. The molecule has 0 bridgehead atoms. The molecule has 0 unspecified atom stereocenters. The van der Waals surface area contributed by atoms with Crippen LogP contribution in [0.5, 0.6) is 0 Å². The number of anilines is 1. The van der Waals surface area contributed by atoms with Gasteiger partial charge in [0.2, 0.25) is 5.91 Å². The zero-order valence-electron chi connectivity index (χ0n) is 20.1. The Hall–Kier alpha value is -4.84. The largest absolute Gasteiger partial charge is 0.479 e. The minimum Gasteiger partial charge on any atom is -0.479 e. The van der Waals surface area contributed by atoms with Gasteiger partial charge in [-0.15, -0.1) is 0 Å². The Morgan fingerprint density at radius 2 is 1.47 bits per heavy atom. The zero-order valence-corrected chi connectivity index (χ0v) is 20.1. The van der Waals surface area contributed by atoms with Gasteiger partial charge < -0.3 is 24.6 Å². The molecule has 0 saturated carbocycles. The highest BCUT2D eigenvalue weighted by molar-refractivity contribution is 5.91. The number of aliphatic carboxylic acids is 1. The number of aromatic nitrogens is 2. The highest BCUT2D eigenvalue weighted by Crippen LogP contribution is 2.34. The van der Waals surface area contributed by atoms with E-state index in [1.54, 1.807) is 43.3 Å². The van der Waals surface area contributed by atoms with Crippen LogP contribution in [-0.2, 0) is 23.8 Å². The van der Waals surface area contributed by atoms with Gasteiger partial charge in [0.1, 0.15) is 5.82 Å². The van der Waals surface area contributed by atoms with Crippen molar-refractivity contribution in [3.05, 3.63) is 94.5 Å². The summed E-state index contributed by atoms with van der Waals surface area (Å²) in [6.07, 6.45) is -5.12. The lowest BCUT2D eigenvalue weighted by atomic mass is 10.1. The standard InChI is InChI=1S/C26H23N3O9/c1-2-18(30)27-17-13-14-29(26(35)28-17)22-20(38-25(34)16-11-7-4-8-12-16)19(21(36-22)23(31)32)37-24(33)15-9-5-3-6-10-15/h3-14,19-22H,2H2,1H3,(H,31,32)(H,27,28,30,35)/t19-,20-,21-,22+/m0/s1. The Kier molecular flexibility index (Phi) is 7.92. The van der Waals surface area contributed by atoms with E-state index in [1.165, 1.54) is 36.5 Å². The van der Waals surface area contributed by atoms with Gasteiger partial charge in [-0.2, -0.15) is 4.98 Å². The molecule has 3 aromatic rings. The van der Waals surface area contributed by atoms with Gasteiger partial charge in [-0.25, -0.2) is 19.2 Å². The van der Waals surface area contributed by atoms with Crippen LogP contribution < -0.4 is 11.0 Å². The smallest absolute Gasteiger partial charge is 0.351 e. The summed E-state index contributed by atoms with van der Waals surface area (Å²) in [4.78, 5) is 66.1. The van der Waals surface area contributed by atoms with E-state index in [4.69, 9.17) is 14.2 Å². The number of ether oxygens (including phenoxy) is 3. The first-order valence-corrected chi connectivity index (χ1v) is 11.6. The van der Waals surface area contributed by atoms with Crippen LogP contribution in [0.3, 0.4) is 0 Å². The Bertz CT molecular complexity index is 1390. The van der Waals surface area contributed by atoms with E-state index < -0.39 is 48.1 Å². The average Bonchev–Trinajstić information content (AvgIpc) is 3.27. The molecule has 0 aliphatic carbocycles. The van der Waals surface area contributed by atoms with Gasteiger partial charge in [-0.3, -0.25) is 9.36 Å². The SMILES string of the molecule is CCC(=O)Nc1ccn([C@@H]2O[C@H](C(=O)O)[C@@H](OC(=O)c3ccccc3)[C@@H]2OC(=O)c2ccccc2)c(=O)n1. The molecule has 0 radical (unpaired) electrons. The van der Waals surface area contributed by atoms with Crippen LogP contribution in [-0.4, -0.2) is 56.8 Å². The number of esters is 2. The van der Waals surface area contributed by atoms with Crippen molar-refractivity contribution in [3.8, 4) is 0 Å². The monoisotopic (exact) mass is 521 g/mol. The molecule has 1 saturated heterocycles. The van der Waals surface area contributed by atoms with E-state index in [0.29, 0.717) is 0 Å². The molecule has 1 aliphatic heterocycles. The van der Waals surface area contributed by atoms with Gasteiger partial charge in [-0.05, 0) is 30.3 Å². The molecule has 0 spiro atoms. The molecule has 1 aliphatic rings. The van der Waals surface area contributed by atoms with Gasteiger partial charge in [0.05, 0.1) is 11.1 Å². The highest BCUT2D eigenvalue weighted by atomic mass is 16.7. The lowest BCUT2D eigenvalue weighted by Gasteiger charge is -2.24. The summed E-state index contributed by atoms with van der Waals surface area (Å²) in [6, 6.07) is 16.9. The predicted octanol–water partition coefficient (Wildman–Crippen LogP) is 2.02. The molecular weight excluding hydrogens is 498 g/mol. The van der Waals surface area contributed by atoms with Crippen LogP contribution >= 0.6 is 0 Å². The van der Waals surface area contributed by atoms with Crippen molar-refractivity contribution in [1.29, 1.82) is 0 Å². The van der Waals surface area contributed by atoms with Crippen molar-refractivity contribution in [2.75, 3.05) is 5.32 Å². The molecule has 2 N–H and O–H groups in total. The van der Waals surface area contributed by atoms with Gasteiger partial charge in [0, 0.05) is 12.6 Å². The first kappa shape index (κ1) is 26.2. The zero-order chi connectivity index (χ0) is 27.2. The number of carboxylic acid groups (broad SMARTS) is 1. The second-order valence-corrected chi connectivity index (χ2v) is 8.16. The van der Waals surface area contributed by atoms with Crippen molar-refractivity contribution >= 4 is 29.6 Å². The fourth-order valence-electron chi connectivity index (χ4n) is 3.76. The van der Waals surface area contributed by atoms with Crippen LogP contribution in [0, 0.1) is 0 Å². The molecule has 38 heavy (non-hydrogen) atoms. The number of nitrogens with zero attached hydrogens (tertiary/aromatic N) is 2. The second-order valence-electron chi connectivity index (χ2n) is 8.16. The third-order valence-corrected chi connectivity index (χ3v) is 5.63. The number of carbonyl (C=O) groups is 4. The summed E-state index contributed by atoms with van der Waals surface area (Å²) in [5.74, 6) is -3.65. The number of hydrogen-bond donors (Lipinski definition) is 2. The van der Waals surface area contributed by atoms with Gasteiger partial charge >= 0.3 is 23.6 Å². The third kappa shape index (κ3) is 5.76. The summed E-state index contributed by atoms with van der Waals surface area (Å²) >= 11 is 0. The minimum absolute atomic E-state index is 0.0317. The van der Waals surface area contributed by atoms with E-state index in [-0.39, 0.29) is 29.3 Å². The Balaban J connectivity index is 1.71. The van der Waals surface area contributed by atoms with E-state index >= 15 is 0 Å². The fourth-order valence-corrected chi connectivity index (χ4v) is 3.76. The minimum atomic E-state index is -1.78. The number of rotatable bonds is 8. The van der Waals surface area contributed by atoms with Crippen LogP contribution in [0.15, 0.2) is 77.7 Å². The predicted molar refractivity (Wildman–Crippen MR) is 130 cm³/mol. The van der Waals surface area contributed by atoms with Crippen LogP contribution in [0.25, 0.3) is 0 Å². The summed E-state index contributed by atoms with van der Waals surface area (Å²) in [6.45, 7) is 1.62. The van der Waals surface area contributed by atoms with Crippen LogP contribution in [0.1, 0.15) is 40.3 Å². The van der Waals surface area contributed by atoms with Gasteiger partial charge in [-0.1, -0.05) is 43.3 Å². The number of amides is 1. The Morgan fingerprint density at radius 3 is 1.97 bits per heavy atom. The molecule has 1 fully saturated rings. The highest BCUT2D eigenvalue weighted by Gasteiger charge is 2.54. The summed E-state index contributed by atoms with van der Waals surface area (Å²) in [7, 11) is 0. The molecular formula is C26H23N3O9. The Labute approximate surface area is 215 Å². The van der Waals surface area contributed by atoms with Gasteiger partial charge in [0.25, 0.3) is 0 Å². The molecule has 12 nitrogen and oxygen atoms in total. The van der Waals surface area contributed by atoms with Crippen LogP contribution in [0.4, 0.5) is 5.82 Å². The van der Waals surface area contributed by atoms with E-state index in [2.05, 4.69) is 10.3 Å². The molecule has 12 heteroatoms. The third-order valence-electron chi connectivity index (χ3n) is 5.63. The van der Waals surface area contributed by atoms with Crippen molar-refractivity contribution < 1.29 is 38.5 Å². The number of carbonyl (C=O) groups excluding carboxylic acids is 3. The summed E-state index contributed by atoms with van der Waals surface area (Å²) in [5, 5.41) is 12.3. The summed E-state index contributed by atoms with van der Waals surface area (Å²) < 4.78 is 17.6. The molecule has 4 rings (SSSR count). The first-order valence-electron chi connectivity index (χ1n) is 11.6. The molecule has 4 atom stereocenters. The number of carboxylic acids is 1. The average molecular weight is 521 g/mol. The summed E-state index contributed by atoms with van der Waals surface area (Å²) in [5.41, 5.74) is -0.659. The van der Waals surface area contributed by atoms with Crippen molar-refractivity contribution in [2.24, 2.45) is 0 Å². The lowest BCUT2D eigenvalue weighted by Crippen LogP contribution is -2.43. The maximum Gasteiger partial charge on any atom is 0.351 e. The lowest BCUT2D eigenvalue weighted by molar-refractivity contribution is -0.155. The molecule has 2 heterocycles. The van der Waals surface area contributed by atoms with E-state index in [0.717, 1.165) is 4.57 Å². The first-order chi connectivity index (χ1) is 18.3. The fraction of sp³-hybridized carbons (Fsp3) is 0.231. The maximum atomic E-state index is 12.9. The Morgan fingerprint density at radius 1 is 0.921 bits per heavy atom. The van der Waals surface area contributed by atoms with Crippen molar-refractivity contribution in [3.63, 3.8) is 0 Å². The number of benzene rings is 2. The van der Waals surface area contributed by atoms with E-state index in [1.807, 2.05) is 0 Å². The number of nitrogens with one attached hydrogen (secondary N) is 1. The van der Waals surface area contributed by atoms with Crippen LogP contribution in [0.2, 0.25) is 0 Å². The van der Waals surface area contributed by atoms with Crippen molar-refractivity contribution in [1.82, 2.24) is 9.55 Å². The maximum absolute atomic E-state index is 12.9. The molecule has 1 aromatic heterocycles. The van der Waals surface area contributed by atoms with E-state index in [9.17, 15) is 29.1 Å².